The molecule has 2 N–H and O–H groups in total. The summed E-state index contributed by atoms with van der Waals surface area (Å²) in [5.74, 6) is 0. The van der Waals surface area contributed by atoms with Crippen LogP contribution < -0.4 is 5.46 Å². The zero-order chi connectivity index (χ0) is 15.8. The molecule has 1 aliphatic rings. The van der Waals surface area contributed by atoms with Gasteiger partial charge in [-0.3, -0.25) is 0 Å². The first kappa shape index (κ1) is 17.0. The summed E-state index contributed by atoms with van der Waals surface area (Å²) in [4.78, 5) is 0. The number of hydrogen-bond donors (Lipinski definition) is 2. The van der Waals surface area contributed by atoms with Crippen molar-refractivity contribution >= 4 is 28.5 Å². The third-order valence-corrected chi connectivity index (χ3v) is 5.01. The molecule has 4 nitrogen and oxygen atoms in total. The van der Waals surface area contributed by atoms with Gasteiger partial charge < -0.3 is 19.5 Å². The van der Waals surface area contributed by atoms with Gasteiger partial charge in [-0.1, -0.05) is 40.2 Å². The third-order valence-electron chi connectivity index (χ3n) is 4.34. The van der Waals surface area contributed by atoms with Gasteiger partial charge in [0.05, 0.1) is 17.3 Å². The molecule has 2 rings (SSSR count). The number of halogens is 1. The molecule has 6 heteroatoms. The molecule has 1 heterocycles. The molecule has 2 unspecified atom stereocenters. The summed E-state index contributed by atoms with van der Waals surface area (Å²) in [5, 5.41) is 20.5. The van der Waals surface area contributed by atoms with E-state index in [1.54, 1.807) is 6.07 Å². The zero-order valence-corrected chi connectivity index (χ0v) is 14.4. The Kier molecular flexibility index (Phi) is 4.86. The minimum atomic E-state index is -0.986. The zero-order valence-electron chi connectivity index (χ0n) is 12.8. The number of rotatable bonds is 4. The van der Waals surface area contributed by atoms with Crippen LogP contribution in [0.5, 0.6) is 0 Å². The van der Waals surface area contributed by atoms with Crippen molar-refractivity contribution in [3.8, 4) is 0 Å². The van der Waals surface area contributed by atoms with Crippen molar-refractivity contribution in [2.45, 2.75) is 51.1 Å². The van der Waals surface area contributed by atoms with E-state index in [1.165, 1.54) is 0 Å². The molecule has 1 saturated heterocycles. The average Bonchev–Trinajstić information content (AvgIpc) is 2.65. The highest BCUT2D eigenvalue weighted by molar-refractivity contribution is 9.09. The normalized spacial score (nSPS) is 23.1. The van der Waals surface area contributed by atoms with Crippen LogP contribution in [-0.4, -0.2) is 40.0 Å². The van der Waals surface area contributed by atoms with Gasteiger partial charge >= 0.3 is 7.12 Å². The largest absolute Gasteiger partial charge is 0.495 e. The van der Waals surface area contributed by atoms with E-state index in [0.717, 1.165) is 5.46 Å². The Hall–Kier alpha value is -0.395. The lowest BCUT2D eigenvalue weighted by Crippen LogP contribution is -2.41. The van der Waals surface area contributed by atoms with E-state index in [2.05, 4.69) is 15.9 Å². The van der Waals surface area contributed by atoms with Crippen LogP contribution in [-0.2, 0) is 9.31 Å². The van der Waals surface area contributed by atoms with Crippen LogP contribution in [0.1, 0.15) is 39.4 Å². The van der Waals surface area contributed by atoms with E-state index in [4.69, 9.17) is 9.31 Å². The fraction of sp³-hybridized carbons (Fsp3) is 0.600. The maximum absolute atomic E-state index is 10.3. The monoisotopic (exact) mass is 356 g/mol. The first-order chi connectivity index (χ1) is 9.69. The smallest absolute Gasteiger partial charge is 0.399 e. The number of aliphatic hydroxyl groups excluding tert-OH is 2. The van der Waals surface area contributed by atoms with Crippen LogP contribution in [0.25, 0.3) is 0 Å². The van der Waals surface area contributed by atoms with Crippen molar-refractivity contribution in [1.29, 1.82) is 0 Å². The van der Waals surface area contributed by atoms with Crippen molar-refractivity contribution in [2.24, 2.45) is 0 Å². The fourth-order valence-corrected chi connectivity index (χ4v) is 2.61. The van der Waals surface area contributed by atoms with E-state index < -0.39 is 30.5 Å². The number of aliphatic hydroxyl groups is 2. The molecule has 0 amide bonds. The number of hydrogen-bond acceptors (Lipinski definition) is 4. The van der Waals surface area contributed by atoms with Gasteiger partial charge in [0.15, 0.2) is 0 Å². The molecule has 0 radical (unpaired) electrons. The van der Waals surface area contributed by atoms with Crippen LogP contribution in [0.3, 0.4) is 0 Å². The maximum atomic E-state index is 10.3. The van der Waals surface area contributed by atoms with Crippen LogP contribution in [0.4, 0.5) is 0 Å². The molecule has 1 aromatic carbocycles. The Bertz CT molecular complexity index is 490. The highest BCUT2D eigenvalue weighted by Crippen LogP contribution is 2.37. The average molecular weight is 357 g/mol. The van der Waals surface area contributed by atoms with Crippen molar-refractivity contribution in [1.82, 2.24) is 0 Å². The van der Waals surface area contributed by atoms with E-state index in [1.807, 2.05) is 45.9 Å². The first-order valence-electron chi connectivity index (χ1n) is 7.06. The second-order valence-corrected chi connectivity index (χ2v) is 7.03. The summed E-state index contributed by atoms with van der Waals surface area (Å²) in [6.45, 7) is 7.94. The van der Waals surface area contributed by atoms with Gasteiger partial charge in [0.1, 0.15) is 6.10 Å². The van der Waals surface area contributed by atoms with E-state index in [0.29, 0.717) is 10.9 Å². The summed E-state index contributed by atoms with van der Waals surface area (Å²) in [5.41, 5.74) is 0.500. The molecule has 0 spiro atoms. The Morgan fingerprint density at radius 2 is 1.62 bits per heavy atom. The van der Waals surface area contributed by atoms with Gasteiger partial charge in [-0.2, -0.15) is 0 Å². The molecule has 116 valence electrons. The molecular formula is C15H22BBrO4. The van der Waals surface area contributed by atoms with Gasteiger partial charge in [-0.15, -0.1) is 0 Å². The lowest BCUT2D eigenvalue weighted by atomic mass is 9.74. The van der Waals surface area contributed by atoms with E-state index >= 15 is 0 Å². The van der Waals surface area contributed by atoms with Crippen LogP contribution in [0, 0.1) is 0 Å². The minimum absolute atomic E-state index is 0.297. The van der Waals surface area contributed by atoms with Gasteiger partial charge in [0.2, 0.25) is 0 Å². The highest BCUT2D eigenvalue weighted by atomic mass is 79.9. The predicted molar refractivity (Wildman–Crippen MR) is 86.9 cm³/mol. The molecule has 0 bridgehead atoms. The number of benzene rings is 1. The summed E-state index contributed by atoms with van der Waals surface area (Å²) in [6, 6.07) is 7.35. The van der Waals surface area contributed by atoms with Crippen molar-refractivity contribution in [2.75, 3.05) is 5.33 Å². The lowest BCUT2D eigenvalue weighted by Gasteiger charge is -2.32. The Labute approximate surface area is 134 Å². The molecule has 2 atom stereocenters. The van der Waals surface area contributed by atoms with E-state index in [-0.39, 0.29) is 0 Å². The summed E-state index contributed by atoms with van der Waals surface area (Å²) in [6.07, 6.45) is -1.87. The summed E-state index contributed by atoms with van der Waals surface area (Å²) >= 11 is 3.18. The van der Waals surface area contributed by atoms with Gasteiger partial charge in [0.25, 0.3) is 0 Å². The van der Waals surface area contributed by atoms with Crippen LogP contribution in [0.15, 0.2) is 24.3 Å². The molecular weight excluding hydrogens is 335 g/mol. The topological polar surface area (TPSA) is 58.9 Å². The Balaban J connectivity index is 2.34. The van der Waals surface area contributed by atoms with E-state index in [9.17, 15) is 10.2 Å². The molecule has 1 fully saturated rings. The van der Waals surface area contributed by atoms with Gasteiger partial charge in [-0.25, -0.2) is 0 Å². The van der Waals surface area contributed by atoms with Crippen molar-refractivity contribution in [3.63, 3.8) is 0 Å². The van der Waals surface area contributed by atoms with Crippen molar-refractivity contribution < 1.29 is 19.5 Å². The molecule has 1 aliphatic heterocycles. The fourth-order valence-electron chi connectivity index (χ4n) is 2.26. The molecule has 0 aromatic heterocycles. The molecule has 0 saturated carbocycles. The Morgan fingerprint density at radius 3 is 2.14 bits per heavy atom. The summed E-state index contributed by atoms with van der Waals surface area (Å²) in [7, 11) is -0.552. The summed E-state index contributed by atoms with van der Waals surface area (Å²) < 4.78 is 12.1. The van der Waals surface area contributed by atoms with Crippen molar-refractivity contribution in [3.05, 3.63) is 29.8 Å². The van der Waals surface area contributed by atoms with Gasteiger partial charge in [0, 0.05) is 5.33 Å². The minimum Gasteiger partial charge on any atom is -0.399 e. The van der Waals surface area contributed by atoms with Crippen LogP contribution >= 0.6 is 15.9 Å². The first-order valence-corrected chi connectivity index (χ1v) is 8.18. The lowest BCUT2D eigenvalue weighted by molar-refractivity contribution is 0.00578. The second kappa shape index (κ2) is 6.01. The van der Waals surface area contributed by atoms with Gasteiger partial charge in [-0.05, 0) is 38.7 Å². The number of alkyl halides is 1. The molecule has 1 aromatic rings. The quantitative estimate of drug-likeness (QED) is 0.637. The predicted octanol–water partition coefficient (Wildman–Crippen LogP) is 1.77. The van der Waals surface area contributed by atoms with Crippen LogP contribution in [0.2, 0.25) is 0 Å². The molecule has 21 heavy (non-hydrogen) atoms. The molecule has 0 aliphatic carbocycles. The third kappa shape index (κ3) is 3.20. The Morgan fingerprint density at radius 1 is 1.10 bits per heavy atom. The highest BCUT2D eigenvalue weighted by Gasteiger charge is 2.52. The second-order valence-electron chi connectivity index (χ2n) is 6.38. The standard InChI is InChI=1S/C15H22BBrO4/c1-14(2)15(3,4)21-16(20-14)11-8-6-5-7-10(11)13(19)12(18)9-17/h5-8,12-13,18-19H,9H2,1-4H3. The SMILES string of the molecule is CC1(C)OB(c2ccccc2C(O)C(O)CBr)OC1(C)C. The maximum Gasteiger partial charge on any atom is 0.495 e.